The van der Waals surface area contributed by atoms with Crippen LogP contribution in [0.4, 0.5) is 17.1 Å². The van der Waals surface area contributed by atoms with E-state index in [0.29, 0.717) is 78.1 Å². The van der Waals surface area contributed by atoms with Crippen LogP contribution in [0.5, 0.6) is 28.7 Å². The summed E-state index contributed by atoms with van der Waals surface area (Å²) < 4.78 is 29.1. The van der Waals surface area contributed by atoms with Gasteiger partial charge >= 0.3 is 0 Å². The highest BCUT2D eigenvalue weighted by Crippen LogP contribution is 2.41. The van der Waals surface area contributed by atoms with Gasteiger partial charge in [0.25, 0.3) is 5.91 Å². The molecule has 4 aromatic carbocycles. The molecule has 0 saturated heterocycles. The molecule has 3 aliphatic heterocycles. The number of carbonyl (C=O) groups is 2. The second-order valence-electron chi connectivity index (χ2n) is 13.6. The number of ether oxygens (including phenoxy) is 5. The van der Waals surface area contributed by atoms with Crippen molar-refractivity contribution in [1.29, 1.82) is 0 Å². The number of benzene rings is 4. The number of nitrogens with one attached hydrogen (secondary N) is 1. The largest absolute Gasteiger partial charge is 0.497 e. The number of nitrogen functional groups attached to an aromatic ring is 1. The molecule has 3 N–H and O–H groups in total. The lowest BCUT2D eigenvalue weighted by atomic mass is 9.94. The Bertz CT molecular complexity index is 2190. The lowest BCUT2D eigenvalue weighted by Crippen LogP contribution is -2.32. The highest BCUT2D eigenvalue weighted by molar-refractivity contribution is 6.05. The number of hydrogen-bond donors (Lipinski definition) is 2. The molecule has 0 radical (unpaired) electrons. The van der Waals surface area contributed by atoms with E-state index < -0.39 is 0 Å². The van der Waals surface area contributed by atoms with E-state index in [1.807, 2.05) is 73.1 Å². The highest BCUT2D eigenvalue weighted by atomic mass is 16.5. The van der Waals surface area contributed by atoms with Gasteiger partial charge in [-0.05, 0) is 90.4 Å². The van der Waals surface area contributed by atoms with Crippen molar-refractivity contribution >= 4 is 59.0 Å². The summed E-state index contributed by atoms with van der Waals surface area (Å²) in [4.78, 5) is 36.2. The van der Waals surface area contributed by atoms with Gasteiger partial charge in [0.05, 0.1) is 63.6 Å². The molecular weight excluding hydrogens is 711 g/mol. The van der Waals surface area contributed by atoms with Crippen molar-refractivity contribution in [2.24, 2.45) is 9.98 Å². The maximum Gasteiger partial charge on any atom is 0.260 e. The monoisotopic (exact) mass is 755 g/mol. The second kappa shape index (κ2) is 17.3. The minimum atomic E-state index is -0.284. The fourth-order valence-corrected chi connectivity index (χ4v) is 6.98. The number of anilines is 1. The van der Waals surface area contributed by atoms with E-state index in [0.717, 1.165) is 52.8 Å². The number of methoxy groups -OCH3 is 3. The van der Waals surface area contributed by atoms with Gasteiger partial charge in [-0.15, -0.1) is 0 Å². The number of aliphatic imine (C=N–C) groups is 2. The first-order valence-corrected chi connectivity index (χ1v) is 18.6. The zero-order valence-electron chi connectivity index (χ0n) is 31.7. The Morgan fingerprint density at radius 3 is 2.07 bits per heavy atom. The van der Waals surface area contributed by atoms with Gasteiger partial charge in [-0.2, -0.15) is 0 Å². The summed E-state index contributed by atoms with van der Waals surface area (Å²) in [5.74, 6) is 2.83. The van der Waals surface area contributed by atoms with Crippen molar-refractivity contribution in [3.05, 3.63) is 101 Å². The van der Waals surface area contributed by atoms with Crippen LogP contribution in [0, 0.1) is 0 Å². The summed E-state index contributed by atoms with van der Waals surface area (Å²) >= 11 is 0. The van der Waals surface area contributed by atoms with Gasteiger partial charge in [-0.1, -0.05) is 24.3 Å². The minimum Gasteiger partial charge on any atom is -0.497 e. The number of carbonyl (C=O) groups excluding carboxylic acids is 2. The molecule has 0 aliphatic carbocycles. The van der Waals surface area contributed by atoms with Gasteiger partial charge in [0.1, 0.15) is 5.75 Å². The third-order valence-electron chi connectivity index (χ3n) is 10.0. The first-order chi connectivity index (χ1) is 27.4. The zero-order valence-corrected chi connectivity index (χ0v) is 31.7. The number of amides is 2. The maximum atomic E-state index is 13.7. The summed E-state index contributed by atoms with van der Waals surface area (Å²) in [6, 6.07) is 22.3. The molecule has 2 unspecified atom stereocenters. The average molecular weight is 756 g/mol. The van der Waals surface area contributed by atoms with Gasteiger partial charge in [0.15, 0.2) is 23.0 Å². The molecule has 4 aromatic rings. The van der Waals surface area contributed by atoms with E-state index >= 15 is 0 Å². The molecule has 7 rings (SSSR count). The Morgan fingerprint density at radius 2 is 1.39 bits per heavy atom. The van der Waals surface area contributed by atoms with Gasteiger partial charge in [0, 0.05) is 48.4 Å². The van der Waals surface area contributed by atoms with E-state index in [4.69, 9.17) is 39.4 Å². The second-order valence-corrected chi connectivity index (χ2v) is 13.6. The molecule has 2 amide bonds. The van der Waals surface area contributed by atoms with Crippen LogP contribution in [0.2, 0.25) is 0 Å². The van der Waals surface area contributed by atoms with Crippen LogP contribution >= 0.6 is 0 Å². The first-order valence-electron chi connectivity index (χ1n) is 18.6. The van der Waals surface area contributed by atoms with Crippen LogP contribution in [0.3, 0.4) is 0 Å². The number of hydrogen-bond acceptors (Lipinski definition) is 10. The van der Waals surface area contributed by atoms with Crippen LogP contribution in [0.1, 0.15) is 59.2 Å². The molecular formula is C44H45N5O7. The predicted molar refractivity (Wildman–Crippen MR) is 219 cm³/mol. The van der Waals surface area contributed by atoms with E-state index in [1.165, 1.54) is 0 Å². The Hall–Kier alpha value is -6.56. The molecule has 56 heavy (non-hydrogen) atoms. The number of nitrogens with two attached hydrogens (primary N) is 1. The van der Waals surface area contributed by atoms with Crippen molar-refractivity contribution in [3.8, 4) is 28.7 Å². The molecule has 0 fully saturated rings. The summed E-state index contributed by atoms with van der Waals surface area (Å²) in [6.07, 6.45) is 11.9. The number of nitrogens with zero attached hydrogens (tertiary/aromatic N) is 3. The van der Waals surface area contributed by atoms with Gasteiger partial charge in [-0.25, -0.2) is 0 Å². The SMILES string of the molecule is COc1ccc(/C2=C/c3cc(OC)c(OCCCCCOc4cc5c(cc4OC)C(=O)N4C=C(c6ccc(N)cc6)CC4C=N5)cc3N=CC(NC=O)C2)cc1. The Kier molecular flexibility index (Phi) is 11.6. The van der Waals surface area contributed by atoms with Crippen molar-refractivity contribution in [2.75, 3.05) is 40.3 Å². The summed E-state index contributed by atoms with van der Waals surface area (Å²) in [6.45, 7) is 0.914. The van der Waals surface area contributed by atoms with Crippen molar-refractivity contribution < 1.29 is 33.3 Å². The molecule has 0 aromatic heterocycles. The van der Waals surface area contributed by atoms with E-state index in [-0.39, 0.29) is 18.0 Å². The molecule has 288 valence electrons. The molecule has 0 spiro atoms. The molecule has 3 heterocycles. The van der Waals surface area contributed by atoms with Gasteiger partial charge in [0.2, 0.25) is 6.41 Å². The molecule has 2 atom stereocenters. The predicted octanol–water partition coefficient (Wildman–Crippen LogP) is 7.66. The van der Waals surface area contributed by atoms with E-state index in [2.05, 4.69) is 11.4 Å². The molecule has 12 nitrogen and oxygen atoms in total. The fraction of sp³-hybridized carbons (Fsp3) is 0.273. The minimum absolute atomic E-state index is 0.139. The van der Waals surface area contributed by atoms with Crippen LogP contribution < -0.4 is 34.7 Å². The summed E-state index contributed by atoms with van der Waals surface area (Å²) in [5, 5.41) is 2.86. The van der Waals surface area contributed by atoms with Gasteiger partial charge < -0.3 is 39.6 Å². The summed E-state index contributed by atoms with van der Waals surface area (Å²) in [7, 11) is 4.82. The lowest BCUT2D eigenvalue weighted by Gasteiger charge is -2.19. The van der Waals surface area contributed by atoms with Crippen molar-refractivity contribution in [1.82, 2.24) is 10.2 Å². The van der Waals surface area contributed by atoms with E-state index in [9.17, 15) is 9.59 Å². The Morgan fingerprint density at radius 1 is 0.750 bits per heavy atom. The third kappa shape index (κ3) is 8.39. The fourth-order valence-electron chi connectivity index (χ4n) is 6.98. The first kappa shape index (κ1) is 37.7. The molecule has 0 saturated carbocycles. The van der Waals surface area contributed by atoms with Crippen LogP contribution in [-0.4, -0.2) is 76.3 Å². The van der Waals surface area contributed by atoms with Crippen molar-refractivity contribution in [2.45, 2.75) is 44.2 Å². The smallest absolute Gasteiger partial charge is 0.260 e. The summed E-state index contributed by atoms with van der Waals surface area (Å²) in [5.41, 5.74) is 13.3. The number of unbranched alkanes of at least 4 members (excludes halogenated alkanes) is 2. The number of fused-ring (bicyclic) bond motifs is 3. The third-order valence-corrected chi connectivity index (χ3v) is 10.0. The standard InChI is InChI=1S/C44H45N5O7/c1-52-36-13-9-28(10-14-36)30-17-31-20-40(53-2)42(22-38(31)46-24-34(18-30)48-27-50)55-15-5-4-6-16-56-43-23-39-37(21-41(43)54-3)44(51)49-26-32(19-35(49)25-47-39)29-7-11-33(45)12-8-29/h7-14,17,20-27,34-35H,4-6,15-16,18-19,45H2,1-3H3,(H,48,50)/b30-17+,46-24?. The molecule has 12 heteroatoms. The van der Waals surface area contributed by atoms with Crippen LogP contribution in [0.15, 0.2) is 89.0 Å². The van der Waals surface area contributed by atoms with Gasteiger partial charge in [-0.3, -0.25) is 19.6 Å². The molecule has 0 bridgehead atoms. The van der Waals surface area contributed by atoms with Crippen molar-refractivity contribution in [3.63, 3.8) is 0 Å². The topological polar surface area (TPSA) is 146 Å². The quantitative estimate of drug-likeness (QED) is 0.0715. The lowest BCUT2D eigenvalue weighted by molar-refractivity contribution is -0.109. The normalized spacial score (nSPS) is 17.8. The maximum absolute atomic E-state index is 13.7. The van der Waals surface area contributed by atoms with Crippen LogP contribution in [-0.2, 0) is 4.79 Å². The zero-order chi connectivity index (χ0) is 39.0. The van der Waals surface area contributed by atoms with Crippen LogP contribution in [0.25, 0.3) is 17.2 Å². The molecule has 3 aliphatic rings. The average Bonchev–Trinajstić information content (AvgIpc) is 3.60. The highest BCUT2D eigenvalue weighted by Gasteiger charge is 2.33. The number of rotatable bonds is 15. The Balaban J connectivity index is 0.955. The van der Waals surface area contributed by atoms with E-state index in [1.54, 1.807) is 44.6 Å². The Labute approximate surface area is 326 Å².